The van der Waals surface area contributed by atoms with Crippen LogP contribution in [-0.2, 0) is 9.53 Å². The molecule has 1 saturated heterocycles. The van der Waals surface area contributed by atoms with Gasteiger partial charge in [-0.15, -0.1) is 0 Å². The zero-order chi connectivity index (χ0) is 22.6. The molecule has 0 aromatic heterocycles. The van der Waals surface area contributed by atoms with Crippen LogP contribution in [0.5, 0.6) is 5.75 Å². The summed E-state index contributed by atoms with van der Waals surface area (Å²) in [6.07, 6.45) is 4.65. The second kappa shape index (κ2) is 9.88. The normalized spacial score (nSPS) is 25.3. The van der Waals surface area contributed by atoms with Crippen molar-refractivity contribution in [2.45, 2.75) is 65.0 Å². The van der Waals surface area contributed by atoms with Crippen LogP contribution < -0.4 is 4.74 Å². The maximum atomic E-state index is 12.6. The third-order valence-corrected chi connectivity index (χ3v) is 7.07. The van der Waals surface area contributed by atoms with E-state index in [-0.39, 0.29) is 25.7 Å². The second-order valence-corrected chi connectivity index (χ2v) is 10.4. The summed E-state index contributed by atoms with van der Waals surface area (Å²) >= 11 is 0. The highest BCUT2D eigenvalue weighted by Crippen LogP contribution is 2.37. The van der Waals surface area contributed by atoms with Crippen molar-refractivity contribution in [1.29, 1.82) is 0 Å². The Hall–Kier alpha value is -1.63. The zero-order valence-corrected chi connectivity index (χ0v) is 19.9. The Bertz CT molecular complexity index is 756. The molecule has 6 nitrogen and oxygen atoms in total. The zero-order valence-electron chi connectivity index (χ0n) is 19.9. The van der Waals surface area contributed by atoms with Gasteiger partial charge in [0, 0.05) is 32.8 Å². The van der Waals surface area contributed by atoms with Crippen LogP contribution in [0.1, 0.15) is 50.7 Å². The number of aliphatic hydroxyl groups is 1. The SMILES string of the molecule is COCC(=O)N1CCN(C2CCC(C)(C)CC2)CC(O)(COc2ccc(C)c(C)c2)C1. The Morgan fingerprint density at radius 3 is 2.48 bits per heavy atom. The first-order valence-corrected chi connectivity index (χ1v) is 11.5. The summed E-state index contributed by atoms with van der Waals surface area (Å²) in [7, 11) is 1.53. The lowest BCUT2D eigenvalue weighted by molar-refractivity contribution is -0.138. The molecule has 3 rings (SSSR count). The Kier molecular flexibility index (Phi) is 7.66. The summed E-state index contributed by atoms with van der Waals surface area (Å²) in [5, 5.41) is 11.6. The lowest BCUT2D eigenvalue weighted by Gasteiger charge is -2.41. The number of methoxy groups -OCH3 is 1. The number of rotatable bonds is 6. The molecular formula is C25H40N2O4. The molecule has 1 aliphatic carbocycles. The van der Waals surface area contributed by atoms with E-state index < -0.39 is 5.60 Å². The van der Waals surface area contributed by atoms with E-state index in [9.17, 15) is 9.90 Å². The fourth-order valence-electron chi connectivity index (χ4n) is 4.79. The number of hydrogen-bond acceptors (Lipinski definition) is 5. The maximum Gasteiger partial charge on any atom is 0.248 e. The number of β-amino-alcohol motifs (C(OH)–C–C–N with tert-alkyl or cyclic N) is 1. The minimum atomic E-state index is -1.13. The minimum Gasteiger partial charge on any atom is -0.490 e. The van der Waals surface area contributed by atoms with Crippen LogP contribution in [0.25, 0.3) is 0 Å². The molecule has 0 bridgehead atoms. The highest BCUT2D eigenvalue weighted by molar-refractivity contribution is 5.77. The first-order chi connectivity index (χ1) is 14.6. The first kappa shape index (κ1) is 24.0. The molecule has 1 amide bonds. The Morgan fingerprint density at radius 1 is 1.13 bits per heavy atom. The Balaban J connectivity index is 1.74. The molecule has 1 heterocycles. The van der Waals surface area contributed by atoms with E-state index >= 15 is 0 Å². The summed E-state index contributed by atoms with van der Waals surface area (Å²) in [5.74, 6) is 0.667. The van der Waals surface area contributed by atoms with Gasteiger partial charge in [0.15, 0.2) is 0 Å². The molecular weight excluding hydrogens is 392 g/mol. The van der Waals surface area contributed by atoms with Gasteiger partial charge in [-0.2, -0.15) is 0 Å². The lowest BCUT2D eigenvalue weighted by atomic mass is 9.75. The lowest BCUT2D eigenvalue weighted by Crippen LogP contribution is -2.54. The topological polar surface area (TPSA) is 62.2 Å². The molecule has 1 unspecified atom stereocenters. The van der Waals surface area contributed by atoms with Crippen molar-refractivity contribution in [1.82, 2.24) is 9.80 Å². The van der Waals surface area contributed by atoms with Crippen molar-refractivity contribution >= 4 is 5.91 Å². The van der Waals surface area contributed by atoms with Crippen LogP contribution in [0.3, 0.4) is 0 Å². The van der Waals surface area contributed by atoms with E-state index in [4.69, 9.17) is 9.47 Å². The van der Waals surface area contributed by atoms with Crippen molar-refractivity contribution in [3.05, 3.63) is 29.3 Å². The Labute approximate surface area is 187 Å². The Morgan fingerprint density at radius 2 is 1.84 bits per heavy atom. The standard InChI is InChI=1S/C25H40N2O4/c1-19-6-7-22(14-20(19)2)31-18-25(29)16-26(21-8-10-24(3,4)11-9-21)12-13-27(17-25)23(28)15-30-5/h6-7,14,21,29H,8-13,15-18H2,1-5H3. The molecule has 2 aliphatic rings. The summed E-state index contributed by atoms with van der Waals surface area (Å²) < 4.78 is 11.1. The predicted molar refractivity (Wildman–Crippen MR) is 122 cm³/mol. The summed E-state index contributed by atoms with van der Waals surface area (Å²) in [6, 6.07) is 6.42. The summed E-state index contributed by atoms with van der Waals surface area (Å²) in [4.78, 5) is 16.7. The average molecular weight is 433 g/mol. The summed E-state index contributed by atoms with van der Waals surface area (Å²) in [6.45, 7) is 11.1. The number of amides is 1. The van der Waals surface area contributed by atoms with E-state index in [2.05, 4.69) is 32.6 Å². The van der Waals surface area contributed by atoms with Gasteiger partial charge in [0.05, 0.1) is 6.54 Å². The fourth-order valence-corrected chi connectivity index (χ4v) is 4.79. The predicted octanol–water partition coefficient (Wildman–Crippen LogP) is 3.17. The van der Waals surface area contributed by atoms with Crippen molar-refractivity contribution in [3.63, 3.8) is 0 Å². The third-order valence-electron chi connectivity index (χ3n) is 7.07. The molecule has 1 aromatic rings. The van der Waals surface area contributed by atoms with E-state index in [0.29, 0.717) is 24.5 Å². The smallest absolute Gasteiger partial charge is 0.248 e. The van der Waals surface area contributed by atoms with Gasteiger partial charge in [0.1, 0.15) is 24.6 Å². The fraction of sp³-hybridized carbons (Fsp3) is 0.720. The molecule has 0 spiro atoms. The van der Waals surface area contributed by atoms with Gasteiger partial charge >= 0.3 is 0 Å². The average Bonchev–Trinajstić information content (AvgIpc) is 2.89. The summed E-state index contributed by atoms with van der Waals surface area (Å²) in [5.41, 5.74) is 1.63. The van der Waals surface area contributed by atoms with Crippen LogP contribution in [0.4, 0.5) is 0 Å². The number of aryl methyl sites for hydroxylation is 2. The van der Waals surface area contributed by atoms with Gasteiger partial charge in [-0.3, -0.25) is 9.69 Å². The van der Waals surface area contributed by atoms with Crippen LogP contribution in [-0.4, -0.2) is 79.0 Å². The number of ether oxygens (including phenoxy) is 2. The van der Waals surface area contributed by atoms with Crippen LogP contribution in [0.2, 0.25) is 0 Å². The largest absolute Gasteiger partial charge is 0.490 e. The van der Waals surface area contributed by atoms with Crippen molar-refractivity contribution in [3.8, 4) is 5.75 Å². The van der Waals surface area contributed by atoms with Crippen molar-refractivity contribution in [2.24, 2.45) is 5.41 Å². The molecule has 1 saturated carbocycles. The molecule has 1 atom stereocenters. The molecule has 1 aromatic carbocycles. The third kappa shape index (κ3) is 6.43. The van der Waals surface area contributed by atoms with E-state index in [1.54, 1.807) is 4.90 Å². The monoisotopic (exact) mass is 432 g/mol. The minimum absolute atomic E-state index is 0.0334. The van der Waals surface area contributed by atoms with Crippen molar-refractivity contribution < 1.29 is 19.4 Å². The molecule has 2 fully saturated rings. The van der Waals surface area contributed by atoms with Gasteiger partial charge in [0.25, 0.3) is 0 Å². The van der Waals surface area contributed by atoms with Crippen LogP contribution in [0.15, 0.2) is 18.2 Å². The van der Waals surface area contributed by atoms with Crippen molar-refractivity contribution in [2.75, 3.05) is 46.5 Å². The van der Waals surface area contributed by atoms with E-state index in [1.807, 2.05) is 18.2 Å². The van der Waals surface area contributed by atoms with Gasteiger partial charge in [0.2, 0.25) is 5.91 Å². The molecule has 1 aliphatic heterocycles. The van der Waals surface area contributed by atoms with Gasteiger partial charge in [-0.1, -0.05) is 19.9 Å². The first-order valence-electron chi connectivity index (χ1n) is 11.5. The maximum absolute atomic E-state index is 12.6. The van der Waals surface area contributed by atoms with Gasteiger partial charge < -0.3 is 19.5 Å². The van der Waals surface area contributed by atoms with E-state index in [1.165, 1.54) is 25.5 Å². The number of hydrogen-bond donors (Lipinski definition) is 1. The highest BCUT2D eigenvalue weighted by Gasteiger charge is 2.40. The number of benzene rings is 1. The van der Waals surface area contributed by atoms with Gasteiger partial charge in [-0.05, 0) is 68.2 Å². The van der Waals surface area contributed by atoms with E-state index in [0.717, 1.165) is 30.7 Å². The molecule has 6 heteroatoms. The van der Waals surface area contributed by atoms with Gasteiger partial charge in [-0.25, -0.2) is 0 Å². The number of nitrogens with zero attached hydrogens (tertiary/aromatic N) is 2. The number of carbonyl (C=O) groups excluding carboxylic acids is 1. The van der Waals surface area contributed by atoms with Crippen LogP contribution >= 0.6 is 0 Å². The molecule has 31 heavy (non-hydrogen) atoms. The molecule has 174 valence electrons. The van der Waals surface area contributed by atoms with Crippen LogP contribution in [0, 0.1) is 19.3 Å². The molecule has 0 radical (unpaired) electrons. The molecule has 1 N–H and O–H groups in total. The second-order valence-electron chi connectivity index (χ2n) is 10.4. The number of carbonyl (C=O) groups is 1. The quantitative estimate of drug-likeness (QED) is 0.748. The highest BCUT2D eigenvalue weighted by atomic mass is 16.5.